The molecule has 1 amide bonds. The summed E-state index contributed by atoms with van der Waals surface area (Å²) in [6.45, 7) is 1.78. The predicted octanol–water partition coefficient (Wildman–Crippen LogP) is 4.52. The summed E-state index contributed by atoms with van der Waals surface area (Å²) in [7, 11) is 1.64. The van der Waals surface area contributed by atoms with Gasteiger partial charge in [0.2, 0.25) is 5.91 Å². The molecular weight excluding hydrogens is 521 g/mol. The van der Waals surface area contributed by atoms with E-state index < -0.39 is 40.8 Å². The van der Waals surface area contributed by atoms with E-state index in [0.717, 1.165) is 30.3 Å². The monoisotopic (exact) mass is 554 g/mol. The number of phenols is 1. The molecule has 5 atom stereocenters. The van der Waals surface area contributed by atoms with Gasteiger partial charge in [-0.2, -0.15) is 13.2 Å². The highest BCUT2D eigenvalue weighted by atomic mass is 19.4. The third kappa shape index (κ3) is 3.59. The molecule has 3 aliphatic carbocycles. The lowest BCUT2D eigenvalue weighted by Gasteiger charge is -2.64. The molecule has 1 spiro atoms. The first kappa shape index (κ1) is 25.9. The van der Waals surface area contributed by atoms with Crippen molar-refractivity contribution in [2.24, 2.45) is 5.92 Å². The maximum atomic E-state index is 13.5. The molecule has 2 aromatic rings. The Labute approximate surface area is 231 Å². The lowest BCUT2D eigenvalue weighted by atomic mass is 9.48. The minimum Gasteiger partial charge on any atom is -0.504 e. The standard InChI is InChI=1S/C31H33F3N2O4/c1-35(25(38)11-9-19-4-2-3-5-21(19)31(32,33)34)22-12-13-30(39)24-16-20-8-10-23(37)27-26(20)29(30,28(22)40-27)14-15-36(24)17-18-6-7-18/h2-5,8-11,18,22,24,28,37,39H,6-7,12-17H2,1H3/t22?,24-,28?,29+,30?/m1/s1. The number of nitrogens with zero attached hydrogens (tertiary/aromatic N) is 2. The summed E-state index contributed by atoms with van der Waals surface area (Å²) in [5.41, 5.74) is -0.772. The Kier molecular flexibility index (Phi) is 5.65. The number of likely N-dealkylation sites (N-methyl/N-ethyl adjacent to an activating group) is 1. The molecule has 0 aromatic heterocycles. The molecule has 2 aromatic carbocycles. The quantitative estimate of drug-likeness (QED) is 0.532. The van der Waals surface area contributed by atoms with E-state index in [1.165, 1.54) is 48.1 Å². The van der Waals surface area contributed by atoms with Crippen molar-refractivity contribution >= 4 is 12.0 Å². The number of alkyl halides is 3. The zero-order valence-corrected chi connectivity index (χ0v) is 22.3. The number of amides is 1. The van der Waals surface area contributed by atoms with Gasteiger partial charge >= 0.3 is 6.18 Å². The van der Waals surface area contributed by atoms with Crippen LogP contribution in [-0.4, -0.2) is 69.8 Å². The lowest BCUT2D eigenvalue weighted by molar-refractivity contribution is -0.200. The van der Waals surface area contributed by atoms with Crippen molar-refractivity contribution in [3.8, 4) is 11.5 Å². The molecule has 212 valence electrons. The summed E-state index contributed by atoms with van der Waals surface area (Å²) in [4.78, 5) is 17.4. The summed E-state index contributed by atoms with van der Waals surface area (Å²) >= 11 is 0. The molecule has 0 radical (unpaired) electrons. The van der Waals surface area contributed by atoms with Gasteiger partial charge in [0.05, 0.1) is 22.6 Å². The molecule has 5 aliphatic rings. The van der Waals surface area contributed by atoms with E-state index in [2.05, 4.69) is 4.90 Å². The number of ether oxygens (including phenoxy) is 1. The highest BCUT2D eigenvalue weighted by Gasteiger charge is 2.73. The highest BCUT2D eigenvalue weighted by Crippen LogP contribution is 2.66. The van der Waals surface area contributed by atoms with Gasteiger partial charge in [0.25, 0.3) is 0 Å². The van der Waals surface area contributed by atoms with E-state index >= 15 is 0 Å². The number of rotatable bonds is 5. The number of likely N-dealkylation sites (tertiary alicyclic amines) is 1. The van der Waals surface area contributed by atoms with Crippen LogP contribution in [0.2, 0.25) is 0 Å². The predicted molar refractivity (Wildman–Crippen MR) is 142 cm³/mol. The fourth-order valence-corrected chi connectivity index (χ4v) is 8.19. The number of piperidine rings is 1. The van der Waals surface area contributed by atoms with Crippen molar-refractivity contribution in [3.05, 3.63) is 64.7 Å². The van der Waals surface area contributed by atoms with Crippen molar-refractivity contribution in [2.75, 3.05) is 20.1 Å². The van der Waals surface area contributed by atoms with Crippen LogP contribution in [0, 0.1) is 5.92 Å². The van der Waals surface area contributed by atoms with Gasteiger partial charge in [-0.1, -0.05) is 24.3 Å². The Morgan fingerprint density at radius 1 is 1.18 bits per heavy atom. The molecular formula is C31H33F3N2O4. The molecule has 1 saturated heterocycles. The van der Waals surface area contributed by atoms with Crippen molar-refractivity contribution in [2.45, 2.75) is 73.9 Å². The second-order valence-electron chi connectivity index (χ2n) is 12.3. The van der Waals surface area contributed by atoms with E-state index in [0.29, 0.717) is 37.4 Å². The summed E-state index contributed by atoms with van der Waals surface area (Å²) in [6.07, 6.45) is 2.01. The number of aliphatic hydroxyl groups is 1. The zero-order chi connectivity index (χ0) is 28.0. The van der Waals surface area contributed by atoms with E-state index in [1.807, 2.05) is 6.07 Å². The number of halogens is 3. The van der Waals surface area contributed by atoms with E-state index in [-0.39, 0.29) is 17.4 Å². The molecule has 2 saturated carbocycles. The first-order valence-corrected chi connectivity index (χ1v) is 14.1. The lowest BCUT2D eigenvalue weighted by Crippen LogP contribution is -2.78. The second kappa shape index (κ2) is 8.73. The fourth-order valence-electron chi connectivity index (χ4n) is 8.19. The van der Waals surface area contributed by atoms with Crippen molar-refractivity contribution in [1.82, 2.24) is 9.80 Å². The SMILES string of the molecule is CN(C(=O)C=Cc1ccccc1C(F)(F)F)C1CCC2(O)[C@H]3Cc4ccc(O)c5c4[C@@]2(CCN3CC2CC2)C1O5. The van der Waals surface area contributed by atoms with Crippen LogP contribution in [-0.2, 0) is 22.8 Å². The number of carbonyl (C=O) groups is 1. The third-order valence-corrected chi connectivity index (χ3v) is 10.2. The van der Waals surface area contributed by atoms with Crippen LogP contribution in [0.5, 0.6) is 11.5 Å². The van der Waals surface area contributed by atoms with Gasteiger partial charge in [0.15, 0.2) is 11.5 Å². The molecule has 40 heavy (non-hydrogen) atoms. The summed E-state index contributed by atoms with van der Waals surface area (Å²) in [5.74, 6) is 0.670. The minimum atomic E-state index is -4.53. The Hall–Kier alpha value is -3.04. The smallest absolute Gasteiger partial charge is 0.416 e. The van der Waals surface area contributed by atoms with Crippen molar-refractivity contribution in [3.63, 3.8) is 0 Å². The van der Waals surface area contributed by atoms with Gasteiger partial charge in [0, 0.05) is 31.3 Å². The first-order chi connectivity index (χ1) is 19.0. The molecule has 2 heterocycles. The Bertz CT molecular complexity index is 1410. The van der Waals surface area contributed by atoms with E-state index in [1.54, 1.807) is 13.1 Å². The van der Waals surface area contributed by atoms with Gasteiger partial charge in [-0.3, -0.25) is 9.69 Å². The van der Waals surface area contributed by atoms with Crippen LogP contribution in [0.15, 0.2) is 42.5 Å². The van der Waals surface area contributed by atoms with Gasteiger partial charge in [0.1, 0.15) is 6.10 Å². The van der Waals surface area contributed by atoms with Crippen LogP contribution in [0.4, 0.5) is 13.2 Å². The Morgan fingerprint density at radius 3 is 2.70 bits per heavy atom. The number of carbonyl (C=O) groups excluding carboxylic acids is 1. The van der Waals surface area contributed by atoms with Gasteiger partial charge in [-0.25, -0.2) is 0 Å². The molecule has 9 heteroatoms. The zero-order valence-electron chi connectivity index (χ0n) is 22.3. The number of phenolic OH excluding ortho intramolecular Hbond substituents is 1. The Balaban J connectivity index is 1.23. The van der Waals surface area contributed by atoms with Gasteiger partial charge in [-0.05, 0) is 80.3 Å². The molecule has 3 unspecified atom stereocenters. The Morgan fingerprint density at radius 2 is 1.95 bits per heavy atom. The molecule has 6 nitrogen and oxygen atoms in total. The second-order valence-corrected chi connectivity index (χ2v) is 12.3. The van der Waals surface area contributed by atoms with E-state index in [9.17, 15) is 28.2 Å². The molecule has 2 N–H and O–H groups in total. The third-order valence-electron chi connectivity index (χ3n) is 10.2. The van der Waals surface area contributed by atoms with Crippen LogP contribution < -0.4 is 4.74 Å². The number of hydrogen-bond acceptors (Lipinski definition) is 5. The summed E-state index contributed by atoms with van der Waals surface area (Å²) in [6, 6.07) is 8.25. The van der Waals surface area contributed by atoms with Crippen molar-refractivity contribution in [1.29, 1.82) is 0 Å². The van der Waals surface area contributed by atoms with Crippen molar-refractivity contribution < 1.29 is 32.9 Å². The average molecular weight is 555 g/mol. The van der Waals surface area contributed by atoms with Crippen LogP contribution in [0.25, 0.3) is 6.08 Å². The topological polar surface area (TPSA) is 73.2 Å². The average Bonchev–Trinajstić information content (AvgIpc) is 3.66. The summed E-state index contributed by atoms with van der Waals surface area (Å²) < 4.78 is 46.9. The fraction of sp³-hybridized carbons (Fsp3) is 0.516. The van der Waals surface area contributed by atoms with Crippen LogP contribution in [0.3, 0.4) is 0 Å². The van der Waals surface area contributed by atoms with E-state index in [4.69, 9.17) is 4.74 Å². The molecule has 2 aliphatic heterocycles. The van der Waals surface area contributed by atoms with Crippen LogP contribution in [0.1, 0.15) is 54.4 Å². The van der Waals surface area contributed by atoms with Crippen LogP contribution >= 0.6 is 0 Å². The number of aromatic hydroxyl groups is 1. The normalized spacial score (nSPS) is 32.6. The number of hydrogen-bond donors (Lipinski definition) is 2. The first-order valence-electron chi connectivity index (χ1n) is 14.1. The van der Waals surface area contributed by atoms with Gasteiger partial charge < -0.3 is 19.8 Å². The number of benzene rings is 2. The highest BCUT2D eigenvalue weighted by molar-refractivity contribution is 5.92. The molecule has 3 fully saturated rings. The van der Waals surface area contributed by atoms with Gasteiger partial charge in [-0.15, -0.1) is 0 Å². The minimum absolute atomic E-state index is 0.0279. The molecule has 2 bridgehead atoms. The largest absolute Gasteiger partial charge is 0.504 e. The summed E-state index contributed by atoms with van der Waals surface area (Å²) in [5, 5.41) is 23.4. The maximum absolute atomic E-state index is 13.5. The molecule has 7 rings (SSSR count). The maximum Gasteiger partial charge on any atom is 0.416 e.